The molecular weight excluding hydrogens is 368 g/mol. The molecule has 1 aromatic carbocycles. The van der Waals surface area contributed by atoms with E-state index in [1.807, 2.05) is 19.9 Å². The number of hydrogen-bond acceptors (Lipinski definition) is 2. The van der Waals surface area contributed by atoms with Gasteiger partial charge in [0.05, 0.1) is 11.1 Å². The van der Waals surface area contributed by atoms with Gasteiger partial charge < -0.3 is 5.32 Å². The van der Waals surface area contributed by atoms with Crippen LogP contribution in [0.1, 0.15) is 28.3 Å². The summed E-state index contributed by atoms with van der Waals surface area (Å²) in [5.41, 5.74) is 0.260. The summed E-state index contributed by atoms with van der Waals surface area (Å²) in [5.74, 6) is -1.13. The molecule has 1 heterocycles. The number of benzene rings is 1. The molecule has 0 spiro atoms. The van der Waals surface area contributed by atoms with Crippen LogP contribution in [0.5, 0.6) is 0 Å². The lowest BCUT2D eigenvalue weighted by molar-refractivity contribution is 0.548. The summed E-state index contributed by atoms with van der Waals surface area (Å²) in [6, 6.07) is 3.74. The minimum Gasteiger partial charge on any atom is -0.306 e. The quantitative estimate of drug-likeness (QED) is 0.696. The van der Waals surface area contributed by atoms with Crippen LogP contribution in [0.3, 0.4) is 0 Å². The average Bonchev–Trinajstić information content (AvgIpc) is 2.70. The van der Waals surface area contributed by atoms with Crippen molar-refractivity contribution in [2.24, 2.45) is 0 Å². The second-order valence-corrected chi connectivity index (χ2v) is 6.90. The first-order chi connectivity index (χ1) is 9.43. The molecule has 20 heavy (non-hydrogen) atoms. The number of nitrogens with one attached hydrogen (secondary N) is 1. The molecule has 0 aliphatic carbocycles. The highest BCUT2D eigenvalue weighted by Gasteiger charge is 2.23. The summed E-state index contributed by atoms with van der Waals surface area (Å²) in [5, 5.41) is 2.98. The Bertz CT molecular complexity index is 630. The predicted molar refractivity (Wildman–Crippen MR) is 83.6 cm³/mol. The van der Waals surface area contributed by atoms with Gasteiger partial charge in [0, 0.05) is 19.8 Å². The van der Waals surface area contributed by atoms with Crippen molar-refractivity contribution < 1.29 is 8.78 Å². The van der Waals surface area contributed by atoms with Crippen LogP contribution >= 0.6 is 38.9 Å². The lowest BCUT2D eigenvalue weighted by Gasteiger charge is -2.19. The highest BCUT2D eigenvalue weighted by Crippen LogP contribution is 2.37. The average molecular weight is 381 g/mol. The van der Waals surface area contributed by atoms with Crippen LogP contribution < -0.4 is 5.32 Å². The second-order valence-electron chi connectivity index (χ2n) is 4.35. The van der Waals surface area contributed by atoms with Crippen LogP contribution in [0.2, 0.25) is 5.02 Å². The van der Waals surface area contributed by atoms with Crippen LogP contribution in [-0.4, -0.2) is 6.54 Å². The van der Waals surface area contributed by atoms with Gasteiger partial charge in [0.1, 0.15) is 11.6 Å². The first-order valence-corrected chi connectivity index (χ1v) is 8.06. The third-order valence-corrected chi connectivity index (χ3v) is 5.18. The standard InChI is InChI=1S/C14H13BrClF2NS/c1-3-19-13(14-9(15)4-7(2)20-14)8-5-12(18)10(16)6-11(8)17/h4-6,13,19H,3H2,1-2H3. The molecule has 0 saturated heterocycles. The Morgan fingerprint density at radius 3 is 2.55 bits per heavy atom. The Morgan fingerprint density at radius 2 is 2.00 bits per heavy atom. The van der Waals surface area contributed by atoms with Gasteiger partial charge >= 0.3 is 0 Å². The number of rotatable bonds is 4. The van der Waals surface area contributed by atoms with Gasteiger partial charge in [0.15, 0.2) is 0 Å². The minimum atomic E-state index is -0.615. The fourth-order valence-electron chi connectivity index (χ4n) is 2.01. The highest BCUT2D eigenvalue weighted by atomic mass is 79.9. The van der Waals surface area contributed by atoms with Crippen molar-refractivity contribution in [1.29, 1.82) is 0 Å². The fraction of sp³-hybridized carbons (Fsp3) is 0.286. The lowest BCUT2D eigenvalue weighted by atomic mass is 10.0. The molecule has 2 rings (SSSR count). The van der Waals surface area contributed by atoms with E-state index in [0.29, 0.717) is 6.54 Å². The van der Waals surface area contributed by atoms with Gasteiger partial charge in [-0.15, -0.1) is 11.3 Å². The molecule has 1 aromatic heterocycles. The topological polar surface area (TPSA) is 12.0 Å². The maximum atomic E-state index is 14.1. The Labute approximate surface area is 134 Å². The number of aryl methyl sites for hydroxylation is 1. The summed E-state index contributed by atoms with van der Waals surface area (Å²) < 4.78 is 28.7. The Morgan fingerprint density at radius 1 is 1.30 bits per heavy atom. The van der Waals surface area contributed by atoms with Gasteiger partial charge in [-0.25, -0.2) is 8.78 Å². The molecular formula is C14H13BrClF2NS. The molecule has 0 saturated carbocycles. The molecule has 1 N–H and O–H groups in total. The van der Waals surface area contributed by atoms with Gasteiger partial charge in [-0.3, -0.25) is 0 Å². The molecule has 0 fully saturated rings. The van der Waals surface area contributed by atoms with Crippen molar-refractivity contribution in [3.63, 3.8) is 0 Å². The molecule has 108 valence electrons. The molecule has 2 aromatic rings. The first kappa shape index (κ1) is 15.9. The minimum absolute atomic E-state index is 0.206. The van der Waals surface area contributed by atoms with Gasteiger partial charge in [-0.1, -0.05) is 18.5 Å². The molecule has 1 atom stereocenters. The number of thiophene rings is 1. The van der Waals surface area contributed by atoms with E-state index in [0.717, 1.165) is 26.4 Å². The van der Waals surface area contributed by atoms with Crippen LogP contribution in [-0.2, 0) is 0 Å². The maximum absolute atomic E-state index is 14.1. The van der Waals surface area contributed by atoms with E-state index < -0.39 is 17.7 Å². The van der Waals surface area contributed by atoms with Crippen molar-refractivity contribution in [2.45, 2.75) is 19.9 Å². The molecule has 0 radical (unpaired) electrons. The van der Waals surface area contributed by atoms with Crippen molar-refractivity contribution in [3.8, 4) is 0 Å². The summed E-state index contributed by atoms with van der Waals surface area (Å²) in [6.45, 7) is 4.53. The maximum Gasteiger partial charge on any atom is 0.142 e. The highest BCUT2D eigenvalue weighted by molar-refractivity contribution is 9.10. The first-order valence-electron chi connectivity index (χ1n) is 6.07. The Hall–Kier alpha value is -0.490. The molecule has 0 amide bonds. The fourth-order valence-corrected chi connectivity index (χ4v) is 4.13. The third kappa shape index (κ3) is 3.22. The van der Waals surface area contributed by atoms with Crippen molar-refractivity contribution in [2.75, 3.05) is 6.54 Å². The van der Waals surface area contributed by atoms with E-state index in [-0.39, 0.29) is 10.6 Å². The summed E-state index contributed by atoms with van der Waals surface area (Å²) in [7, 11) is 0. The lowest BCUT2D eigenvalue weighted by Crippen LogP contribution is -2.22. The molecule has 1 unspecified atom stereocenters. The van der Waals surface area contributed by atoms with E-state index in [2.05, 4.69) is 21.2 Å². The number of halogens is 4. The second kappa shape index (κ2) is 6.52. The SMILES string of the molecule is CCNC(c1cc(F)c(Cl)cc1F)c1sc(C)cc1Br. The summed E-state index contributed by atoms with van der Waals surface area (Å²) in [6.07, 6.45) is 0. The Balaban J connectivity index is 2.54. The molecule has 0 bridgehead atoms. The van der Waals surface area contributed by atoms with Gasteiger partial charge in [0.2, 0.25) is 0 Å². The van der Waals surface area contributed by atoms with Crippen molar-refractivity contribution >= 4 is 38.9 Å². The third-order valence-electron chi connectivity index (χ3n) is 2.86. The van der Waals surface area contributed by atoms with Crippen LogP contribution in [0.15, 0.2) is 22.7 Å². The zero-order chi connectivity index (χ0) is 14.9. The van der Waals surface area contributed by atoms with E-state index in [1.54, 1.807) is 11.3 Å². The van der Waals surface area contributed by atoms with E-state index in [1.165, 1.54) is 0 Å². The molecule has 0 aliphatic rings. The van der Waals surface area contributed by atoms with E-state index >= 15 is 0 Å². The Kier molecular flexibility index (Phi) is 5.18. The van der Waals surface area contributed by atoms with Gasteiger partial charge in [0.25, 0.3) is 0 Å². The van der Waals surface area contributed by atoms with Crippen molar-refractivity contribution in [1.82, 2.24) is 5.32 Å². The summed E-state index contributed by atoms with van der Waals surface area (Å²) >= 11 is 10.6. The zero-order valence-corrected chi connectivity index (χ0v) is 14.1. The molecule has 0 aliphatic heterocycles. The van der Waals surface area contributed by atoms with E-state index in [9.17, 15) is 8.78 Å². The van der Waals surface area contributed by atoms with Gasteiger partial charge in [-0.05, 0) is 47.6 Å². The predicted octanol–water partition coefficient (Wildman–Crippen LogP) is 5.45. The van der Waals surface area contributed by atoms with Crippen LogP contribution in [0.4, 0.5) is 8.78 Å². The summed E-state index contributed by atoms with van der Waals surface area (Å²) in [4.78, 5) is 2.02. The smallest absolute Gasteiger partial charge is 0.142 e. The molecule has 6 heteroatoms. The monoisotopic (exact) mass is 379 g/mol. The normalized spacial score (nSPS) is 12.7. The van der Waals surface area contributed by atoms with E-state index in [4.69, 9.17) is 11.6 Å². The largest absolute Gasteiger partial charge is 0.306 e. The molecule has 1 nitrogen and oxygen atoms in total. The van der Waals surface area contributed by atoms with Crippen LogP contribution in [0.25, 0.3) is 0 Å². The number of hydrogen-bond donors (Lipinski definition) is 1. The van der Waals surface area contributed by atoms with Crippen LogP contribution in [0, 0.1) is 18.6 Å². The zero-order valence-electron chi connectivity index (χ0n) is 10.9. The van der Waals surface area contributed by atoms with Gasteiger partial charge in [-0.2, -0.15) is 0 Å². The van der Waals surface area contributed by atoms with Crippen molar-refractivity contribution in [3.05, 3.63) is 54.6 Å².